The molecule has 1 atom stereocenters. The molecule has 2 aromatic heterocycles. The average molecular weight is 437 g/mol. The van der Waals surface area contributed by atoms with Gasteiger partial charge in [-0.05, 0) is 81.0 Å². The minimum Gasteiger partial charge on any atom is -0.359 e. The van der Waals surface area contributed by atoms with E-state index in [0.717, 1.165) is 48.2 Å². The van der Waals surface area contributed by atoms with Crippen LogP contribution >= 0.6 is 0 Å². The van der Waals surface area contributed by atoms with Gasteiger partial charge in [0.1, 0.15) is 11.3 Å². The maximum absolute atomic E-state index is 14.6. The van der Waals surface area contributed by atoms with E-state index in [2.05, 4.69) is 10.3 Å². The van der Waals surface area contributed by atoms with Crippen LogP contribution in [0.1, 0.15) is 48.5 Å². The molecule has 6 nitrogen and oxygen atoms in total. The van der Waals surface area contributed by atoms with Crippen LogP contribution in [0.3, 0.4) is 0 Å². The van der Waals surface area contributed by atoms with E-state index in [0.29, 0.717) is 31.4 Å². The standard InChI is InChI=1S/C25H29FN4O2/c1-25(26,11-12-27-18-31)10-8-19-16-21-9-15-30(23(21)28-17-19)22-6-4-20(5-7-22)24(32)29-13-2-3-14-29/h4-7,9,15-18H,2-3,8,10-14H2,1H3,(H,27,31). The Morgan fingerprint density at radius 1 is 1.19 bits per heavy atom. The molecule has 0 spiro atoms. The fraction of sp³-hybridized carbons (Fsp3) is 0.400. The first-order valence-corrected chi connectivity index (χ1v) is 11.2. The van der Waals surface area contributed by atoms with Gasteiger partial charge in [-0.2, -0.15) is 0 Å². The number of nitrogens with zero attached hydrogens (tertiary/aromatic N) is 3. The van der Waals surface area contributed by atoms with Gasteiger partial charge in [-0.3, -0.25) is 9.59 Å². The van der Waals surface area contributed by atoms with E-state index in [1.165, 1.54) is 0 Å². The molecule has 1 aliphatic heterocycles. The van der Waals surface area contributed by atoms with Gasteiger partial charge in [0.2, 0.25) is 6.41 Å². The zero-order chi connectivity index (χ0) is 22.6. The normalized spacial score (nSPS) is 15.6. The van der Waals surface area contributed by atoms with Crippen molar-refractivity contribution in [3.63, 3.8) is 0 Å². The van der Waals surface area contributed by atoms with E-state index in [1.54, 1.807) is 13.1 Å². The van der Waals surface area contributed by atoms with Crippen molar-refractivity contribution < 1.29 is 14.0 Å². The average Bonchev–Trinajstić information content (AvgIpc) is 3.47. The number of hydrogen-bond donors (Lipinski definition) is 1. The molecule has 0 saturated carbocycles. The van der Waals surface area contributed by atoms with Gasteiger partial charge in [-0.15, -0.1) is 0 Å². The molecule has 1 saturated heterocycles. The number of pyridine rings is 1. The summed E-state index contributed by atoms with van der Waals surface area (Å²) in [4.78, 5) is 29.4. The van der Waals surface area contributed by atoms with Gasteiger partial charge < -0.3 is 14.8 Å². The Hall–Kier alpha value is -3.22. The summed E-state index contributed by atoms with van der Waals surface area (Å²) in [5, 5.41) is 3.50. The van der Waals surface area contributed by atoms with Gasteiger partial charge in [0.05, 0.1) is 0 Å². The van der Waals surface area contributed by atoms with Gasteiger partial charge >= 0.3 is 0 Å². The zero-order valence-corrected chi connectivity index (χ0v) is 18.4. The molecule has 1 fully saturated rings. The number of aryl methyl sites for hydroxylation is 1. The van der Waals surface area contributed by atoms with Crippen LogP contribution in [0.15, 0.2) is 48.8 Å². The molecule has 1 N–H and O–H groups in total. The molecular weight excluding hydrogens is 407 g/mol. The Kier molecular flexibility index (Phi) is 6.53. The number of hydrogen-bond acceptors (Lipinski definition) is 3. The van der Waals surface area contributed by atoms with Crippen molar-refractivity contribution in [2.75, 3.05) is 19.6 Å². The molecule has 0 bridgehead atoms. The quantitative estimate of drug-likeness (QED) is 0.406. The van der Waals surface area contributed by atoms with E-state index in [-0.39, 0.29) is 12.3 Å². The minimum atomic E-state index is -1.34. The molecule has 168 valence electrons. The fourth-order valence-corrected chi connectivity index (χ4v) is 4.20. The molecule has 4 rings (SSSR count). The van der Waals surface area contributed by atoms with Crippen LogP contribution in [0.2, 0.25) is 0 Å². The molecule has 3 heterocycles. The highest BCUT2D eigenvalue weighted by atomic mass is 19.1. The lowest BCUT2D eigenvalue weighted by Crippen LogP contribution is -2.27. The van der Waals surface area contributed by atoms with Crippen molar-refractivity contribution in [2.45, 2.75) is 44.7 Å². The van der Waals surface area contributed by atoms with E-state index in [4.69, 9.17) is 0 Å². The summed E-state index contributed by atoms with van der Waals surface area (Å²) >= 11 is 0. The monoisotopic (exact) mass is 436 g/mol. The number of benzene rings is 1. The number of carbonyl (C=O) groups is 2. The molecule has 7 heteroatoms. The Morgan fingerprint density at radius 3 is 2.66 bits per heavy atom. The second-order valence-electron chi connectivity index (χ2n) is 8.72. The molecule has 0 aliphatic carbocycles. The Bertz CT molecular complexity index is 1090. The van der Waals surface area contributed by atoms with Crippen LogP contribution < -0.4 is 5.32 Å². The molecule has 2 amide bonds. The molecule has 1 aliphatic rings. The van der Waals surface area contributed by atoms with E-state index in [9.17, 15) is 14.0 Å². The lowest BCUT2D eigenvalue weighted by molar-refractivity contribution is -0.109. The molecular formula is C25H29FN4O2. The number of nitrogens with one attached hydrogen (secondary N) is 1. The number of fused-ring (bicyclic) bond motifs is 1. The second kappa shape index (κ2) is 9.51. The van der Waals surface area contributed by atoms with E-state index < -0.39 is 5.67 Å². The number of rotatable bonds is 9. The molecule has 32 heavy (non-hydrogen) atoms. The van der Waals surface area contributed by atoms with Crippen molar-refractivity contribution in [3.05, 3.63) is 59.9 Å². The fourth-order valence-electron chi connectivity index (χ4n) is 4.20. The maximum Gasteiger partial charge on any atom is 0.253 e. The van der Waals surface area contributed by atoms with E-state index in [1.807, 2.05) is 52.1 Å². The van der Waals surface area contributed by atoms with Crippen LogP contribution in [0.4, 0.5) is 4.39 Å². The SMILES string of the molecule is CC(F)(CCNC=O)CCc1cnc2c(ccn2-c2ccc(C(=O)N3CCCC3)cc2)c1. The molecule has 0 radical (unpaired) electrons. The Morgan fingerprint density at radius 2 is 1.94 bits per heavy atom. The predicted octanol–water partition coefficient (Wildman–Crippen LogP) is 4.06. The smallest absolute Gasteiger partial charge is 0.253 e. The third-order valence-corrected chi connectivity index (χ3v) is 6.18. The van der Waals surface area contributed by atoms with E-state index >= 15 is 0 Å². The van der Waals surface area contributed by atoms with Crippen LogP contribution in [0.25, 0.3) is 16.7 Å². The van der Waals surface area contributed by atoms with Gasteiger partial charge in [0, 0.05) is 48.7 Å². The topological polar surface area (TPSA) is 67.2 Å². The first-order valence-electron chi connectivity index (χ1n) is 11.2. The van der Waals surface area contributed by atoms with Crippen molar-refractivity contribution in [1.82, 2.24) is 19.8 Å². The van der Waals surface area contributed by atoms with Crippen molar-refractivity contribution >= 4 is 23.4 Å². The van der Waals surface area contributed by atoms with Gasteiger partial charge in [-0.25, -0.2) is 9.37 Å². The van der Waals surface area contributed by atoms with Gasteiger partial charge in [-0.1, -0.05) is 0 Å². The lowest BCUT2D eigenvalue weighted by Gasteiger charge is -2.19. The first kappa shape index (κ1) is 22.0. The number of aromatic nitrogens is 2. The number of likely N-dealkylation sites (tertiary alicyclic amines) is 1. The number of halogens is 1. The summed E-state index contributed by atoms with van der Waals surface area (Å²) in [6.45, 7) is 3.58. The summed E-state index contributed by atoms with van der Waals surface area (Å²) in [5.74, 6) is 0.0935. The van der Waals surface area contributed by atoms with Crippen LogP contribution in [0, 0.1) is 0 Å². The third-order valence-electron chi connectivity index (χ3n) is 6.18. The summed E-state index contributed by atoms with van der Waals surface area (Å²) in [5.41, 5.74) is 2.11. The molecule has 1 aromatic carbocycles. The van der Waals surface area contributed by atoms with Crippen molar-refractivity contribution in [3.8, 4) is 5.69 Å². The predicted molar refractivity (Wildman–Crippen MR) is 123 cm³/mol. The summed E-state index contributed by atoms with van der Waals surface area (Å²) < 4.78 is 16.6. The van der Waals surface area contributed by atoms with Gasteiger partial charge in [0.25, 0.3) is 5.91 Å². The Balaban J connectivity index is 1.44. The largest absolute Gasteiger partial charge is 0.359 e. The minimum absolute atomic E-state index is 0.0935. The van der Waals surface area contributed by atoms with Gasteiger partial charge in [0.15, 0.2) is 0 Å². The first-order chi connectivity index (χ1) is 15.5. The maximum atomic E-state index is 14.6. The lowest BCUT2D eigenvalue weighted by atomic mass is 9.95. The summed E-state index contributed by atoms with van der Waals surface area (Å²) in [7, 11) is 0. The summed E-state index contributed by atoms with van der Waals surface area (Å²) in [6, 6.07) is 11.7. The highest BCUT2D eigenvalue weighted by Crippen LogP contribution is 2.25. The van der Waals surface area contributed by atoms with Crippen molar-refractivity contribution in [1.29, 1.82) is 0 Å². The number of alkyl halides is 1. The molecule has 3 aromatic rings. The second-order valence-corrected chi connectivity index (χ2v) is 8.72. The highest BCUT2D eigenvalue weighted by Gasteiger charge is 2.22. The van der Waals surface area contributed by atoms with Crippen LogP contribution in [-0.2, 0) is 11.2 Å². The molecule has 1 unspecified atom stereocenters. The number of amides is 2. The van der Waals surface area contributed by atoms with Crippen molar-refractivity contribution in [2.24, 2.45) is 0 Å². The Labute approximate surface area is 187 Å². The van der Waals surface area contributed by atoms with Crippen LogP contribution in [-0.4, -0.2) is 52.1 Å². The zero-order valence-electron chi connectivity index (χ0n) is 18.4. The number of carbonyl (C=O) groups excluding carboxylic acids is 2. The summed E-state index contributed by atoms with van der Waals surface area (Å²) in [6.07, 6.45) is 7.74. The third kappa shape index (κ3) is 4.98. The van der Waals surface area contributed by atoms with Crippen LogP contribution in [0.5, 0.6) is 0 Å². The highest BCUT2D eigenvalue weighted by molar-refractivity contribution is 5.94.